The average Bonchev–Trinajstić information content (AvgIpc) is 2.40. The minimum absolute atomic E-state index is 0.0210. The number of hydrogen-bond acceptors (Lipinski definition) is 3. The molecule has 1 N–H and O–H groups in total. The van der Waals surface area contributed by atoms with Crippen molar-refractivity contribution in [2.24, 2.45) is 0 Å². The largest absolute Gasteiger partial charge is 0.484 e. The van der Waals surface area contributed by atoms with E-state index in [1.807, 2.05) is 0 Å². The van der Waals surface area contributed by atoms with Gasteiger partial charge in [0.25, 0.3) is 0 Å². The van der Waals surface area contributed by atoms with Crippen molar-refractivity contribution < 1.29 is 9.47 Å². The van der Waals surface area contributed by atoms with Crippen LogP contribution < -0.4 is 10.1 Å². The third kappa shape index (κ3) is 4.17. The second-order valence-corrected chi connectivity index (χ2v) is 6.34. The Morgan fingerprint density at radius 1 is 1.19 bits per heavy atom. The van der Waals surface area contributed by atoms with E-state index in [1.54, 1.807) is 12.1 Å². The van der Waals surface area contributed by atoms with Crippen LogP contribution in [0.25, 0.3) is 0 Å². The lowest BCUT2D eigenvalue weighted by Gasteiger charge is -2.44. The summed E-state index contributed by atoms with van der Waals surface area (Å²) >= 11 is 18.2. The van der Waals surface area contributed by atoms with Crippen molar-refractivity contribution in [1.29, 1.82) is 0 Å². The van der Waals surface area contributed by atoms with E-state index in [-0.39, 0.29) is 12.2 Å². The molecule has 3 atom stereocenters. The summed E-state index contributed by atoms with van der Waals surface area (Å²) in [4.78, 5) is 0. The first kappa shape index (κ1) is 17.2. The molecule has 21 heavy (non-hydrogen) atoms. The van der Waals surface area contributed by atoms with Crippen molar-refractivity contribution in [3.63, 3.8) is 0 Å². The number of hydrogen-bond donors (Lipinski definition) is 1. The molecule has 0 bridgehead atoms. The maximum atomic E-state index is 6.16. The molecule has 1 aromatic rings. The lowest BCUT2D eigenvalue weighted by molar-refractivity contribution is -0.107. The monoisotopic (exact) mass is 351 g/mol. The van der Waals surface area contributed by atoms with Crippen molar-refractivity contribution >= 4 is 34.8 Å². The third-order valence-electron chi connectivity index (χ3n) is 3.46. The summed E-state index contributed by atoms with van der Waals surface area (Å²) in [6, 6.07) is 3.58. The molecule has 0 amide bonds. The third-order valence-corrected chi connectivity index (χ3v) is 4.24. The molecule has 3 unspecified atom stereocenters. The molecule has 6 heteroatoms. The van der Waals surface area contributed by atoms with Crippen LogP contribution >= 0.6 is 34.8 Å². The van der Waals surface area contributed by atoms with E-state index in [2.05, 4.69) is 19.2 Å². The van der Waals surface area contributed by atoms with E-state index >= 15 is 0 Å². The molecule has 3 nitrogen and oxygen atoms in total. The number of nitrogens with one attached hydrogen (secondary N) is 1. The molecule has 0 aliphatic heterocycles. The summed E-state index contributed by atoms with van der Waals surface area (Å²) < 4.78 is 11.8. The molecular weight excluding hydrogens is 333 g/mol. The maximum absolute atomic E-state index is 6.16. The van der Waals surface area contributed by atoms with Crippen molar-refractivity contribution in [2.75, 3.05) is 13.2 Å². The van der Waals surface area contributed by atoms with Crippen molar-refractivity contribution in [1.82, 2.24) is 5.32 Å². The second-order valence-electron chi connectivity index (χ2n) is 5.09. The number of ether oxygens (including phenoxy) is 2. The summed E-state index contributed by atoms with van der Waals surface area (Å²) in [7, 11) is 0. The molecule has 2 rings (SSSR count). The Bertz CT molecular complexity index is 461. The minimum Gasteiger partial charge on any atom is -0.484 e. The normalized spacial score (nSPS) is 24.7. The summed E-state index contributed by atoms with van der Waals surface area (Å²) in [6.45, 7) is 5.79. The number of halogens is 3. The Hall–Kier alpha value is -0.190. The topological polar surface area (TPSA) is 30.5 Å². The van der Waals surface area contributed by atoms with Gasteiger partial charge in [-0.1, -0.05) is 48.7 Å². The van der Waals surface area contributed by atoms with E-state index < -0.39 is 0 Å². The molecule has 0 radical (unpaired) electrons. The van der Waals surface area contributed by atoms with Gasteiger partial charge in [-0.2, -0.15) is 0 Å². The Kier molecular flexibility index (Phi) is 6.45. The van der Waals surface area contributed by atoms with Crippen LogP contribution in [0.5, 0.6) is 5.75 Å². The average molecular weight is 353 g/mol. The van der Waals surface area contributed by atoms with E-state index in [0.29, 0.717) is 33.5 Å². The lowest BCUT2D eigenvalue weighted by Crippen LogP contribution is -2.61. The van der Waals surface area contributed by atoms with Crippen LogP contribution in [0, 0.1) is 0 Å². The van der Waals surface area contributed by atoms with Crippen molar-refractivity contribution in [3.05, 3.63) is 27.2 Å². The summed E-state index contributed by atoms with van der Waals surface area (Å²) in [5, 5.41) is 4.75. The van der Waals surface area contributed by atoms with Gasteiger partial charge in [-0.05, 0) is 25.1 Å². The molecule has 1 aliphatic rings. The zero-order valence-corrected chi connectivity index (χ0v) is 14.4. The summed E-state index contributed by atoms with van der Waals surface area (Å²) in [5.74, 6) is 0.479. The summed E-state index contributed by atoms with van der Waals surface area (Å²) in [5.41, 5.74) is 0. The molecule has 0 heterocycles. The van der Waals surface area contributed by atoms with Crippen LogP contribution in [0.1, 0.15) is 26.7 Å². The smallest absolute Gasteiger partial charge is 0.157 e. The molecule has 1 aromatic carbocycles. The second kappa shape index (κ2) is 7.89. The first-order chi connectivity index (χ1) is 10.1. The SMILES string of the molecule is CCCOC1C(NCC)CC1Oc1c(Cl)cc(Cl)cc1Cl. The van der Waals surface area contributed by atoms with Crippen molar-refractivity contribution in [2.45, 2.75) is 44.9 Å². The predicted molar refractivity (Wildman–Crippen MR) is 88.0 cm³/mol. The van der Waals surface area contributed by atoms with Gasteiger partial charge >= 0.3 is 0 Å². The first-order valence-electron chi connectivity index (χ1n) is 7.23. The Labute approximate surface area is 140 Å². The van der Waals surface area contributed by atoms with Gasteiger partial charge in [-0.3, -0.25) is 0 Å². The van der Waals surface area contributed by atoms with E-state index in [1.165, 1.54) is 0 Å². The zero-order chi connectivity index (χ0) is 15.4. The number of benzene rings is 1. The Morgan fingerprint density at radius 2 is 1.86 bits per heavy atom. The van der Waals surface area contributed by atoms with Crippen LogP contribution in [0.2, 0.25) is 15.1 Å². The molecule has 1 fully saturated rings. The van der Waals surface area contributed by atoms with Gasteiger partial charge in [-0.15, -0.1) is 0 Å². The van der Waals surface area contributed by atoms with E-state index in [4.69, 9.17) is 44.3 Å². The minimum atomic E-state index is -0.0447. The molecule has 0 spiro atoms. The molecule has 1 saturated carbocycles. The van der Waals surface area contributed by atoms with Crippen molar-refractivity contribution in [3.8, 4) is 5.75 Å². The first-order valence-corrected chi connectivity index (χ1v) is 8.36. The van der Waals surface area contributed by atoms with Crippen LogP contribution in [-0.2, 0) is 4.74 Å². The molecule has 1 aliphatic carbocycles. The highest BCUT2D eigenvalue weighted by Gasteiger charge is 2.43. The number of likely N-dealkylation sites (N-methyl/N-ethyl adjacent to an activating group) is 1. The Morgan fingerprint density at radius 3 is 2.43 bits per heavy atom. The fourth-order valence-electron chi connectivity index (χ4n) is 2.43. The molecule has 0 aromatic heterocycles. The van der Waals surface area contributed by atoms with Gasteiger partial charge < -0.3 is 14.8 Å². The standard InChI is InChI=1S/C15H20Cl3NO2/c1-3-5-20-15-12(19-4-2)8-13(15)21-14-10(17)6-9(16)7-11(14)18/h6-7,12-13,15,19H,3-5,8H2,1-2H3. The quantitative estimate of drug-likeness (QED) is 0.779. The van der Waals surface area contributed by atoms with Gasteiger partial charge in [0.1, 0.15) is 12.2 Å². The molecule has 118 valence electrons. The van der Waals surface area contributed by atoms with Gasteiger partial charge in [0, 0.05) is 24.1 Å². The number of rotatable bonds is 7. The van der Waals surface area contributed by atoms with Crippen LogP contribution in [0.3, 0.4) is 0 Å². The van der Waals surface area contributed by atoms with E-state index in [9.17, 15) is 0 Å². The summed E-state index contributed by atoms with van der Waals surface area (Å²) in [6.07, 6.45) is 1.83. The lowest BCUT2D eigenvalue weighted by atomic mass is 9.85. The molecule has 0 saturated heterocycles. The van der Waals surface area contributed by atoms with Crippen LogP contribution in [0.15, 0.2) is 12.1 Å². The van der Waals surface area contributed by atoms with E-state index in [0.717, 1.165) is 19.4 Å². The fraction of sp³-hybridized carbons (Fsp3) is 0.600. The van der Waals surface area contributed by atoms with Gasteiger partial charge in [0.05, 0.1) is 10.0 Å². The Balaban J connectivity index is 2.05. The molecular formula is C15H20Cl3NO2. The highest BCUT2D eigenvalue weighted by molar-refractivity contribution is 6.40. The predicted octanol–water partition coefficient (Wildman–Crippen LogP) is 4.57. The fourth-order valence-corrected chi connectivity index (χ4v) is 3.34. The van der Waals surface area contributed by atoms with Crippen LogP contribution in [-0.4, -0.2) is 31.4 Å². The van der Waals surface area contributed by atoms with Crippen LogP contribution in [0.4, 0.5) is 0 Å². The highest BCUT2D eigenvalue weighted by Crippen LogP contribution is 2.39. The van der Waals surface area contributed by atoms with Gasteiger partial charge in [0.2, 0.25) is 0 Å². The van der Waals surface area contributed by atoms with Gasteiger partial charge in [0.15, 0.2) is 5.75 Å². The maximum Gasteiger partial charge on any atom is 0.157 e. The zero-order valence-electron chi connectivity index (χ0n) is 12.2. The highest BCUT2D eigenvalue weighted by atomic mass is 35.5. The van der Waals surface area contributed by atoms with Gasteiger partial charge in [-0.25, -0.2) is 0 Å².